The molecule has 0 saturated carbocycles. The lowest BCUT2D eigenvalue weighted by Gasteiger charge is -2.07. The minimum absolute atomic E-state index is 0.217. The molecule has 0 saturated heterocycles. The third kappa shape index (κ3) is 3.50. The molecule has 1 rings (SSSR count). The molecule has 0 unspecified atom stereocenters. The quantitative estimate of drug-likeness (QED) is 0.748. The van der Waals surface area contributed by atoms with Crippen LogP contribution in [0.5, 0.6) is 0 Å². The van der Waals surface area contributed by atoms with Crippen LogP contribution in [0.2, 0.25) is 0 Å². The maximum absolute atomic E-state index is 10.3. The lowest BCUT2D eigenvalue weighted by Crippen LogP contribution is -2.18. The second kappa shape index (κ2) is 5.61. The molecule has 84 valence electrons. The number of aryl methyl sites for hydroxylation is 1. The zero-order valence-electron chi connectivity index (χ0n) is 8.99. The van der Waals surface area contributed by atoms with Crippen molar-refractivity contribution in [2.75, 3.05) is 18.5 Å². The van der Waals surface area contributed by atoms with Crippen molar-refractivity contribution in [2.45, 2.75) is 6.92 Å². The van der Waals surface area contributed by atoms with Crippen molar-refractivity contribution in [3.63, 3.8) is 0 Å². The van der Waals surface area contributed by atoms with Crippen molar-refractivity contribution in [1.82, 2.24) is 0 Å². The molecule has 3 N–H and O–H groups in total. The van der Waals surface area contributed by atoms with Gasteiger partial charge in [0.05, 0.1) is 11.6 Å². The SMILES string of the molecule is Cc1cc(NCCOC(N)=O)ccc1C#N. The minimum Gasteiger partial charge on any atom is -0.448 e. The molecule has 0 aliphatic heterocycles. The number of amides is 1. The first-order valence-electron chi connectivity index (χ1n) is 4.80. The second-order valence-electron chi connectivity index (χ2n) is 3.24. The van der Waals surface area contributed by atoms with Crippen molar-refractivity contribution in [3.05, 3.63) is 29.3 Å². The highest BCUT2D eigenvalue weighted by Gasteiger charge is 1.99. The maximum atomic E-state index is 10.3. The number of hydrogen-bond acceptors (Lipinski definition) is 4. The van der Waals surface area contributed by atoms with Crippen LogP contribution < -0.4 is 11.1 Å². The number of rotatable bonds is 4. The molecule has 0 aromatic heterocycles. The normalized spacial score (nSPS) is 9.25. The number of hydrogen-bond donors (Lipinski definition) is 2. The van der Waals surface area contributed by atoms with Gasteiger partial charge in [-0.05, 0) is 30.7 Å². The highest BCUT2D eigenvalue weighted by atomic mass is 16.5. The standard InChI is InChI=1S/C11H13N3O2/c1-8-6-10(3-2-9(8)7-12)14-4-5-16-11(13)15/h2-3,6,14H,4-5H2,1H3,(H2,13,15). The highest BCUT2D eigenvalue weighted by Crippen LogP contribution is 2.13. The van der Waals surface area contributed by atoms with Gasteiger partial charge in [-0.3, -0.25) is 0 Å². The molecular weight excluding hydrogens is 206 g/mol. The van der Waals surface area contributed by atoms with Gasteiger partial charge >= 0.3 is 6.09 Å². The zero-order valence-corrected chi connectivity index (χ0v) is 8.99. The summed E-state index contributed by atoms with van der Waals surface area (Å²) in [6, 6.07) is 7.50. The van der Waals surface area contributed by atoms with Gasteiger partial charge in [0.25, 0.3) is 0 Å². The van der Waals surface area contributed by atoms with E-state index in [1.807, 2.05) is 13.0 Å². The summed E-state index contributed by atoms with van der Waals surface area (Å²) in [5.41, 5.74) is 7.25. The molecule has 16 heavy (non-hydrogen) atoms. The van der Waals surface area contributed by atoms with E-state index in [0.717, 1.165) is 11.3 Å². The van der Waals surface area contributed by atoms with Crippen molar-refractivity contribution in [3.8, 4) is 6.07 Å². The molecule has 0 atom stereocenters. The third-order valence-corrected chi connectivity index (χ3v) is 2.02. The molecule has 0 fully saturated rings. The molecule has 5 nitrogen and oxygen atoms in total. The molecule has 0 aliphatic rings. The van der Waals surface area contributed by atoms with E-state index in [4.69, 9.17) is 11.0 Å². The molecular formula is C11H13N3O2. The largest absolute Gasteiger partial charge is 0.448 e. The molecule has 5 heteroatoms. The number of nitriles is 1. The first-order chi connectivity index (χ1) is 7.63. The van der Waals surface area contributed by atoms with Crippen LogP contribution in [0.25, 0.3) is 0 Å². The Morgan fingerprint density at radius 2 is 2.38 bits per heavy atom. The summed E-state index contributed by atoms with van der Waals surface area (Å²) in [5.74, 6) is 0. The highest BCUT2D eigenvalue weighted by molar-refractivity contribution is 5.64. The van der Waals surface area contributed by atoms with Crippen molar-refractivity contribution < 1.29 is 9.53 Å². The van der Waals surface area contributed by atoms with Crippen LogP contribution >= 0.6 is 0 Å². The summed E-state index contributed by atoms with van der Waals surface area (Å²) < 4.78 is 4.56. The van der Waals surface area contributed by atoms with E-state index in [9.17, 15) is 4.79 Å². The van der Waals surface area contributed by atoms with Gasteiger partial charge in [0, 0.05) is 12.2 Å². The van der Waals surface area contributed by atoms with Gasteiger partial charge in [0.2, 0.25) is 0 Å². The topological polar surface area (TPSA) is 88.1 Å². The van der Waals surface area contributed by atoms with Gasteiger partial charge in [0.15, 0.2) is 0 Å². The van der Waals surface area contributed by atoms with Gasteiger partial charge < -0.3 is 15.8 Å². The number of carbonyl (C=O) groups is 1. The van der Waals surface area contributed by atoms with Crippen LogP contribution in [0.3, 0.4) is 0 Å². The van der Waals surface area contributed by atoms with Crippen LogP contribution in [-0.2, 0) is 4.74 Å². The predicted octanol–water partition coefficient (Wildman–Crippen LogP) is 1.37. The Bertz CT molecular complexity index is 424. The Hall–Kier alpha value is -2.22. The number of ether oxygens (including phenoxy) is 1. The summed E-state index contributed by atoms with van der Waals surface area (Å²) in [6.07, 6.45) is -0.780. The van der Waals surface area contributed by atoms with Gasteiger partial charge in [-0.2, -0.15) is 5.26 Å². The van der Waals surface area contributed by atoms with Crippen molar-refractivity contribution in [1.29, 1.82) is 5.26 Å². The Balaban J connectivity index is 2.47. The predicted molar refractivity (Wildman–Crippen MR) is 59.9 cm³/mol. The smallest absolute Gasteiger partial charge is 0.404 e. The summed E-state index contributed by atoms with van der Waals surface area (Å²) in [6.45, 7) is 2.56. The number of carbonyl (C=O) groups excluding carboxylic acids is 1. The Morgan fingerprint density at radius 3 is 2.94 bits per heavy atom. The van der Waals surface area contributed by atoms with Gasteiger partial charge in [-0.15, -0.1) is 0 Å². The monoisotopic (exact) mass is 219 g/mol. The third-order valence-electron chi connectivity index (χ3n) is 2.02. The van der Waals surface area contributed by atoms with E-state index in [-0.39, 0.29) is 6.61 Å². The zero-order chi connectivity index (χ0) is 12.0. The van der Waals surface area contributed by atoms with E-state index in [1.54, 1.807) is 12.1 Å². The lowest BCUT2D eigenvalue weighted by atomic mass is 10.1. The lowest BCUT2D eigenvalue weighted by molar-refractivity contribution is 0.161. The van der Waals surface area contributed by atoms with Crippen LogP contribution in [0.1, 0.15) is 11.1 Å². The Kier molecular flexibility index (Phi) is 4.16. The number of nitrogens with two attached hydrogens (primary N) is 1. The van der Waals surface area contributed by atoms with E-state index in [0.29, 0.717) is 12.1 Å². The molecule has 0 aliphatic carbocycles. The summed E-state index contributed by atoms with van der Waals surface area (Å²) in [5, 5.41) is 11.8. The first-order valence-corrected chi connectivity index (χ1v) is 4.80. The van der Waals surface area contributed by atoms with E-state index < -0.39 is 6.09 Å². The summed E-state index contributed by atoms with van der Waals surface area (Å²) in [4.78, 5) is 10.3. The molecule has 0 bridgehead atoms. The Labute approximate surface area is 93.8 Å². The molecule has 0 radical (unpaired) electrons. The fourth-order valence-electron chi connectivity index (χ4n) is 1.25. The van der Waals surface area contributed by atoms with Gasteiger partial charge in [-0.25, -0.2) is 4.79 Å². The number of anilines is 1. The number of benzene rings is 1. The minimum atomic E-state index is -0.780. The van der Waals surface area contributed by atoms with Gasteiger partial charge in [-0.1, -0.05) is 0 Å². The van der Waals surface area contributed by atoms with E-state index in [2.05, 4.69) is 16.1 Å². The molecule has 0 heterocycles. The molecule has 1 aromatic carbocycles. The van der Waals surface area contributed by atoms with E-state index >= 15 is 0 Å². The number of primary amides is 1. The number of nitrogens with one attached hydrogen (secondary N) is 1. The molecule has 0 spiro atoms. The fourth-order valence-corrected chi connectivity index (χ4v) is 1.25. The fraction of sp³-hybridized carbons (Fsp3) is 0.273. The summed E-state index contributed by atoms with van der Waals surface area (Å²) in [7, 11) is 0. The first kappa shape index (κ1) is 11.9. The maximum Gasteiger partial charge on any atom is 0.404 e. The van der Waals surface area contributed by atoms with Crippen LogP contribution in [-0.4, -0.2) is 19.2 Å². The average molecular weight is 219 g/mol. The van der Waals surface area contributed by atoms with Crippen molar-refractivity contribution >= 4 is 11.8 Å². The van der Waals surface area contributed by atoms with Crippen LogP contribution in [0.15, 0.2) is 18.2 Å². The average Bonchev–Trinajstić information content (AvgIpc) is 2.24. The second-order valence-corrected chi connectivity index (χ2v) is 3.24. The van der Waals surface area contributed by atoms with E-state index in [1.165, 1.54) is 0 Å². The summed E-state index contributed by atoms with van der Waals surface area (Å²) >= 11 is 0. The van der Waals surface area contributed by atoms with Gasteiger partial charge in [0.1, 0.15) is 6.61 Å². The molecule has 1 amide bonds. The van der Waals surface area contributed by atoms with Crippen LogP contribution in [0, 0.1) is 18.3 Å². The van der Waals surface area contributed by atoms with Crippen molar-refractivity contribution in [2.24, 2.45) is 5.73 Å². The Morgan fingerprint density at radius 1 is 1.62 bits per heavy atom. The molecule has 1 aromatic rings. The number of nitrogens with zero attached hydrogens (tertiary/aromatic N) is 1. The van der Waals surface area contributed by atoms with Crippen LogP contribution in [0.4, 0.5) is 10.5 Å².